The first-order chi connectivity index (χ1) is 11.9. The van der Waals surface area contributed by atoms with Crippen LogP contribution in [-0.4, -0.2) is 29.4 Å². The Kier molecular flexibility index (Phi) is 8.83. The SMILES string of the molecule is CCCCc1ccc(NC(=O)CCC)c(NC(=O)N(S)C(=O)OC)c1. The van der Waals surface area contributed by atoms with E-state index in [1.807, 2.05) is 13.0 Å². The van der Waals surface area contributed by atoms with Gasteiger partial charge in [-0.15, -0.1) is 0 Å². The summed E-state index contributed by atoms with van der Waals surface area (Å²) in [6.45, 7) is 4.00. The minimum absolute atomic E-state index is 0.144. The van der Waals surface area contributed by atoms with Crippen LogP contribution in [0.3, 0.4) is 0 Å². The Morgan fingerprint density at radius 3 is 2.44 bits per heavy atom. The maximum absolute atomic E-state index is 12.1. The molecule has 0 aromatic heterocycles. The molecule has 2 N–H and O–H groups in total. The van der Waals surface area contributed by atoms with Gasteiger partial charge in [-0.25, -0.2) is 9.59 Å². The summed E-state index contributed by atoms with van der Waals surface area (Å²) >= 11 is 3.81. The number of nitrogens with zero attached hydrogens (tertiary/aromatic N) is 1. The Morgan fingerprint density at radius 2 is 1.84 bits per heavy atom. The number of anilines is 2. The number of carbonyl (C=O) groups is 3. The van der Waals surface area contributed by atoms with Gasteiger partial charge >= 0.3 is 12.1 Å². The molecule has 0 aliphatic carbocycles. The first kappa shape index (κ1) is 20.8. The van der Waals surface area contributed by atoms with Crippen molar-refractivity contribution in [2.75, 3.05) is 17.7 Å². The Labute approximate surface area is 153 Å². The number of rotatable bonds is 7. The molecule has 0 radical (unpaired) electrons. The van der Waals surface area contributed by atoms with E-state index in [0.717, 1.165) is 38.4 Å². The van der Waals surface area contributed by atoms with Crippen molar-refractivity contribution in [2.24, 2.45) is 0 Å². The van der Waals surface area contributed by atoms with Crippen molar-refractivity contribution < 1.29 is 19.1 Å². The molecule has 0 aliphatic heterocycles. The lowest BCUT2D eigenvalue weighted by Gasteiger charge is -2.17. The van der Waals surface area contributed by atoms with Gasteiger partial charge in [0.05, 0.1) is 18.5 Å². The van der Waals surface area contributed by atoms with Crippen LogP contribution in [0.4, 0.5) is 21.0 Å². The van der Waals surface area contributed by atoms with Crippen molar-refractivity contribution in [3.63, 3.8) is 0 Å². The fraction of sp³-hybridized carbons (Fsp3) is 0.471. The summed E-state index contributed by atoms with van der Waals surface area (Å²) in [5.74, 6) is -0.144. The fourth-order valence-electron chi connectivity index (χ4n) is 2.12. The van der Waals surface area contributed by atoms with E-state index in [0.29, 0.717) is 22.1 Å². The maximum Gasteiger partial charge on any atom is 0.427 e. The second-order valence-corrected chi connectivity index (χ2v) is 5.89. The minimum Gasteiger partial charge on any atom is -0.452 e. The highest BCUT2D eigenvalue weighted by Gasteiger charge is 2.20. The van der Waals surface area contributed by atoms with Crippen LogP contribution in [0.5, 0.6) is 0 Å². The lowest BCUT2D eigenvalue weighted by atomic mass is 10.1. The van der Waals surface area contributed by atoms with Crippen LogP contribution in [-0.2, 0) is 16.0 Å². The van der Waals surface area contributed by atoms with Gasteiger partial charge in [0.1, 0.15) is 0 Å². The van der Waals surface area contributed by atoms with E-state index in [2.05, 4.69) is 35.1 Å². The monoisotopic (exact) mass is 367 g/mol. The normalized spacial score (nSPS) is 10.1. The number of hydrogen-bond donors (Lipinski definition) is 3. The summed E-state index contributed by atoms with van der Waals surface area (Å²) in [6.07, 6.45) is 3.10. The smallest absolute Gasteiger partial charge is 0.427 e. The van der Waals surface area contributed by atoms with Crippen LogP contribution in [0.25, 0.3) is 0 Å². The molecule has 0 atom stereocenters. The molecule has 7 nitrogen and oxygen atoms in total. The number of ether oxygens (including phenoxy) is 1. The predicted octanol–water partition coefficient (Wildman–Crippen LogP) is 4.21. The van der Waals surface area contributed by atoms with Gasteiger partial charge in [-0.05, 0) is 37.0 Å². The molecular formula is C17H25N3O4S. The molecule has 0 heterocycles. The van der Waals surface area contributed by atoms with Crippen molar-refractivity contribution >= 4 is 42.2 Å². The van der Waals surface area contributed by atoms with Gasteiger partial charge in [0, 0.05) is 6.42 Å². The summed E-state index contributed by atoms with van der Waals surface area (Å²) in [5, 5.41) is 5.35. The molecule has 1 aromatic carbocycles. The Hall–Kier alpha value is -2.22. The van der Waals surface area contributed by atoms with Crippen molar-refractivity contribution in [2.45, 2.75) is 46.0 Å². The van der Waals surface area contributed by atoms with Crippen molar-refractivity contribution in [3.8, 4) is 0 Å². The molecule has 0 saturated carbocycles. The molecule has 0 bridgehead atoms. The van der Waals surface area contributed by atoms with E-state index < -0.39 is 12.1 Å². The molecule has 0 fully saturated rings. The summed E-state index contributed by atoms with van der Waals surface area (Å²) in [5.41, 5.74) is 1.90. The van der Waals surface area contributed by atoms with Crippen molar-refractivity contribution in [1.29, 1.82) is 0 Å². The summed E-state index contributed by atoms with van der Waals surface area (Å²) < 4.78 is 4.98. The third-order valence-electron chi connectivity index (χ3n) is 3.44. The standard InChI is InChI=1S/C17H25N3O4S/c1-4-6-8-12-9-10-13(18-15(21)7-5-2)14(11-12)19-16(22)20(25)17(23)24-3/h9-11,25H,4-8H2,1-3H3,(H,18,21)(H,19,22). The number of nitrogens with one attached hydrogen (secondary N) is 2. The van der Waals surface area contributed by atoms with Gasteiger partial charge < -0.3 is 15.4 Å². The zero-order valence-corrected chi connectivity index (χ0v) is 15.7. The molecule has 4 amide bonds. The molecule has 138 valence electrons. The molecule has 8 heteroatoms. The predicted molar refractivity (Wildman–Crippen MR) is 101 cm³/mol. The van der Waals surface area contributed by atoms with E-state index in [1.165, 1.54) is 0 Å². The second kappa shape index (κ2) is 10.6. The van der Waals surface area contributed by atoms with Gasteiger partial charge in [0.15, 0.2) is 0 Å². The van der Waals surface area contributed by atoms with E-state index >= 15 is 0 Å². The number of aryl methyl sites for hydroxylation is 1. The fourth-order valence-corrected chi connectivity index (χ4v) is 2.25. The molecule has 1 rings (SSSR count). The third-order valence-corrected chi connectivity index (χ3v) is 3.78. The molecule has 0 aliphatic rings. The van der Waals surface area contributed by atoms with E-state index in [4.69, 9.17) is 0 Å². The largest absolute Gasteiger partial charge is 0.452 e. The zero-order valence-electron chi connectivity index (χ0n) is 14.8. The van der Waals surface area contributed by atoms with Crippen LogP contribution >= 0.6 is 12.8 Å². The quantitative estimate of drug-likeness (QED) is 0.630. The lowest BCUT2D eigenvalue weighted by molar-refractivity contribution is -0.116. The first-order valence-electron chi connectivity index (χ1n) is 8.23. The molecular weight excluding hydrogens is 342 g/mol. The topological polar surface area (TPSA) is 87.7 Å². The maximum atomic E-state index is 12.1. The number of thiol groups is 1. The molecule has 0 saturated heterocycles. The number of carbonyl (C=O) groups excluding carboxylic acids is 3. The van der Waals surface area contributed by atoms with Gasteiger partial charge in [0.25, 0.3) is 0 Å². The van der Waals surface area contributed by atoms with Crippen LogP contribution in [0, 0.1) is 0 Å². The number of imide groups is 1. The van der Waals surface area contributed by atoms with Crippen LogP contribution in [0.2, 0.25) is 0 Å². The van der Waals surface area contributed by atoms with Gasteiger partial charge in [-0.2, -0.15) is 4.31 Å². The number of benzene rings is 1. The summed E-state index contributed by atoms with van der Waals surface area (Å²) in [7, 11) is 1.15. The first-order valence-corrected chi connectivity index (χ1v) is 8.63. The highest BCUT2D eigenvalue weighted by atomic mass is 32.1. The van der Waals surface area contributed by atoms with Crippen molar-refractivity contribution in [3.05, 3.63) is 23.8 Å². The second-order valence-electron chi connectivity index (χ2n) is 5.49. The summed E-state index contributed by atoms with van der Waals surface area (Å²) in [6, 6.07) is 4.67. The Bertz CT molecular complexity index is 622. The minimum atomic E-state index is -0.903. The average Bonchev–Trinajstić information content (AvgIpc) is 2.60. The third kappa shape index (κ3) is 6.66. The lowest BCUT2D eigenvalue weighted by Crippen LogP contribution is -2.32. The van der Waals surface area contributed by atoms with Crippen LogP contribution in [0.1, 0.15) is 45.1 Å². The van der Waals surface area contributed by atoms with Gasteiger partial charge in [-0.1, -0.05) is 39.1 Å². The molecule has 25 heavy (non-hydrogen) atoms. The van der Waals surface area contributed by atoms with Crippen LogP contribution in [0.15, 0.2) is 18.2 Å². The van der Waals surface area contributed by atoms with Crippen LogP contribution < -0.4 is 10.6 Å². The number of methoxy groups -OCH3 is 1. The van der Waals surface area contributed by atoms with E-state index in [1.54, 1.807) is 12.1 Å². The van der Waals surface area contributed by atoms with Gasteiger partial charge in [-0.3, -0.25) is 4.79 Å². The average molecular weight is 367 g/mol. The summed E-state index contributed by atoms with van der Waals surface area (Å²) in [4.78, 5) is 35.4. The number of unbranched alkanes of at least 4 members (excludes halogenated alkanes) is 1. The van der Waals surface area contributed by atoms with E-state index in [9.17, 15) is 14.4 Å². The highest BCUT2D eigenvalue weighted by molar-refractivity contribution is 7.79. The number of urea groups is 1. The van der Waals surface area contributed by atoms with E-state index in [-0.39, 0.29) is 5.91 Å². The Morgan fingerprint density at radius 1 is 1.12 bits per heavy atom. The van der Waals surface area contributed by atoms with Gasteiger partial charge in [0.2, 0.25) is 5.91 Å². The Balaban J connectivity index is 3.02. The number of hydrogen-bond acceptors (Lipinski definition) is 5. The zero-order chi connectivity index (χ0) is 18.8. The molecule has 0 spiro atoms. The molecule has 1 aromatic rings. The highest BCUT2D eigenvalue weighted by Crippen LogP contribution is 2.25. The molecule has 0 unspecified atom stereocenters. The van der Waals surface area contributed by atoms with Crippen molar-refractivity contribution in [1.82, 2.24) is 4.31 Å². The number of amides is 4.